The summed E-state index contributed by atoms with van der Waals surface area (Å²) >= 11 is 0. The van der Waals surface area contributed by atoms with E-state index in [1.165, 1.54) is 5.56 Å². The molecule has 0 unspecified atom stereocenters. The molecule has 0 fully saturated rings. The first-order valence-corrected chi connectivity index (χ1v) is 7.90. The number of rotatable bonds is 4. The number of aliphatic carboxylic acids is 1. The van der Waals surface area contributed by atoms with Gasteiger partial charge in [-0.1, -0.05) is 18.2 Å². The highest BCUT2D eigenvalue weighted by atomic mass is 16.5. The van der Waals surface area contributed by atoms with E-state index in [-0.39, 0.29) is 5.91 Å². The second-order valence-corrected chi connectivity index (χ2v) is 5.90. The predicted molar refractivity (Wildman–Crippen MR) is 90.7 cm³/mol. The minimum absolute atomic E-state index is 0.0951. The molecule has 0 bridgehead atoms. The standard InChI is InChI=1S/C19H19NO4/c1-13-7-8-14-5-3-9-20(17(14)10-13)19(23)15-4-2-6-16(11-15)24-12-18(21)22/h2,4,6-8,10-11H,3,5,9,12H2,1H3,(H,21,22). The fourth-order valence-electron chi connectivity index (χ4n) is 2.92. The van der Waals surface area contributed by atoms with E-state index in [1.54, 1.807) is 29.2 Å². The van der Waals surface area contributed by atoms with Crippen LogP contribution in [0.25, 0.3) is 0 Å². The third-order valence-electron chi connectivity index (χ3n) is 4.05. The summed E-state index contributed by atoms with van der Waals surface area (Å²) in [7, 11) is 0. The van der Waals surface area contributed by atoms with Crippen molar-refractivity contribution in [1.29, 1.82) is 0 Å². The molecule has 0 spiro atoms. The monoisotopic (exact) mass is 325 g/mol. The zero-order chi connectivity index (χ0) is 17.1. The van der Waals surface area contributed by atoms with Gasteiger partial charge in [0.15, 0.2) is 6.61 Å². The number of anilines is 1. The fraction of sp³-hybridized carbons (Fsp3) is 0.263. The van der Waals surface area contributed by atoms with Crippen molar-refractivity contribution in [3.63, 3.8) is 0 Å². The smallest absolute Gasteiger partial charge is 0.341 e. The molecule has 124 valence electrons. The van der Waals surface area contributed by atoms with Crippen LogP contribution in [0.4, 0.5) is 5.69 Å². The van der Waals surface area contributed by atoms with Gasteiger partial charge in [0.05, 0.1) is 0 Å². The molecule has 2 aromatic rings. The minimum Gasteiger partial charge on any atom is -0.482 e. The fourth-order valence-corrected chi connectivity index (χ4v) is 2.92. The summed E-state index contributed by atoms with van der Waals surface area (Å²) in [5.74, 6) is -0.765. The van der Waals surface area contributed by atoms with Crippen LogP contribution in [0.5, 0.6) is 5.75 Å². The summed E-state index contributed by atoms with van der Waals surface area (Å²) in [6.07, 6.45) is 1.90. The minimum atomic E-state index is -1.05. The first kappa shape index (κ1) is 16.1. The Morgan fingerprint density at radius 1 is 1.21 bits per heavy atom. The maximum absolute atomic E-state index is 12.9. The number of carboxylic acids is 1. The van der Waals surface area contributed by atoms with E-state index in [4.69, 9.17) is 9.84 Å². The number of ether oxygens (including phenoxy) is 1. The zero-order valence-electron chi connectivity index (χ0n) is 13.5. The Bertz CT molecular complexity index is 785. The van der Waals surface area contributed by atoms with Crippen LogP contribution in [0.3, 0.4) is 0 Å². The Hall–Kier alpha value is -2.82. The number of benzene rings is 2. The third-order valence-corrected chi connectivity index (χ3v) is 4.05. The number of nitrogens with zero attached hydrogens (tertiary/aromatic N) is 1. The number of aryl methyl sites for hydroxylation is 2. The molecule has 1 aliphatic heterocycles. The van der Waals surface area contributed by atoms with Crippen molar-refractivity contribution in [2.75, 3.05) is 18.1 Å². The third kappa shape index (κ3) is 3.40. The van der Waals surface area contributed by atoms with Crippen LogP contribution in [0.15, 0.2) is 42.5 Å². The van der Waals surface area contributed by atoms with Gasteiger partial charge in [0, 0.05) is 17.8 Å². The van der Waals surface area contributed by atoms with Crippen molar-refractivity contribution in [3.8, 4) is 5.75 Å². The Morgan fingerprint density at radius 2 is 2.04 bits per heavy atom. The first-order chi connectivity index (χ1) is 11.5. The molecule has 5 heteroatoms. The summed E-state index contributed by atoms with van der Waals surface area (Å²) in [6, 6.07) is 12.8. The molecule has 0 radical (unpaired) electrons. The number of amides is 1. The van der Waals surface area contributed by atoms with E-state index in [2.05, 4.69) is 12.1 Å². The molecule has 1 aliphatic rings. The largest absolute Gasteiger partial charge is 0.482 e. The van der Waals surface area contributed by atoms with Gasteiger partial charge in [0.25, 0.3) is 5.91 Å². The lowest BCUT2D eigenvalue weighted by Crippen LogP contribution is -2.35. The molecule has 1 N–H and O–H groups in total. The van der Waals surface area contributed by atoms with E-state index in [0.717, 1.165) is 24.1 Å². The lowest BCUT2D eigenvalue weighted by molar-refractivity contribution is -0.139. The predicted octanol–water partition coefficient (Wildman–Crippen LogP) is 3.05. The van der Waals surface area contributed by atoms with Gasteiger partial charge in [-0.2, -0.15) is 0 Å². The topological polar surface area (TPSA) is 66.8 Å². The molecule has 1 heterocycles. The van der Waals surface area contributed by atoms with Crippen molar-refractivity contribution < 1.29 is 19.4 Å². The first-order valence-electron chi connectivity index (χ1n) is 7.90. The normalized spacial score (nSPS) is 13.3. The van der Waals surface area contributed by atoms with Crippen molar-refractivity contribution >= 4 is 17.6 Å². The maximum atomic E-state index is 12.9. The summed E-state index contributed by atoms with van der Waals surface area (Å²) in [6.45, 7) is 2.26. The maximum Gasteiger partial charge on any atom is 0.341 e. The van der Waals surface area contributed by atoms with E-state index in [0.29, 0.717) is 17.9 Å². The summed E-state index contributed by atoms with van der Waals surface area (Å²) in [5, 5.41) is 8.69. The Balaban J connectivity index is 1.86. The van der Waals surface area contributed by atoms with Crippen LogP contribution in [-0.2, 0) is 11.2 Å². The van der Waals surface area contributed by atoms with Crippen LogP contribution in [0.1, 0.15) is 27.9 Å². The number of fused-ring (bicyclic) bond motifs is 1. The van der Waals surface area contributed by atoms with Crippen LogP contribution in [0.2, 0.25) is 0 Å². The van der Waals surface area contributed by atoms with Gasteiger partial charge in [-0.25, -0.2) is 4.79 Å². The molecule has 1 amide bonds. The van der Waals surface area contributed by atoms with Crippen LogP contribution in [0, 0.1) is 6.92 Å². The van der Waals surface area contributed by atoms with Gasteiger partial charge in [-0.3, -0.25) is 4.79 Å². The Kier molecular flexibility index (Phi) is 4.51. The molecule has 0 aromatic heterocycles. The van der Waals surface area contributed by atoms with Crippen molar-refractivity contribution in [3.05, 3.63) is 59.2 Å². The highest BCUT2D eigenvalue weighted by molar-refractivity contribution is 6.07. The Morgan fingerprint density at radius 3 is 2.83 bits per heavy atom. The quantitative estimate of drug-likeness (QED) is 0.938. The highest BCUT2D eigenvalue weighted by Gasteiger charge is 2.23. The van der Waals surface area contributed by atoms with E-state index in [9.17, 15) is 9.59 Å². The SMILES string of the molecule is Cc1ccc2c(c1)N(C(=O)c1cccc(OCC(=O)O)c1)CCC2. The van der Waals surface area contributed by atoms with E-state index >= 15 is 0 Å². The van der Waals surface area contributed by atoms with E-state index < -0.39 is 12.6 Å². The van der Waals surface area contributed by atoms with Crippen LogP contribution in [-0.4, -0.2) is 30.1 Å². The highest BCUT2D eigenvalue weighted by Crippen LogP contribution is 2.30. The second kappa shape index (κ2) is 6.74. The van der Waals surface area contributed by atoms with Gasteiger partial charge in [-0.05, 0) is 55.2 Å². The van der Waals surface area contributed by atoms with Crippen LogP contribution < -0.4 is 9.64 Å². The average molecular weight is 325 g/mol. The van der Waals surface area contributed by atoms with Gasteiger partial charge >= 0.3 is 5.97 Å². The Labute approximate surface area is 140 Å². The summed E-state index contributed by atoms with van der Waals surface area (Å²) in [5.41, 5.74) is 3.75. The van der Waals surface area contributed by atoms with E-state index in [1.807, 2.05) is 13.0 Å². The zero-order valence-corrected chi connectivity index (χ0v) is 13.5. The lowest BCUT2D eigenvalue weighted by atomic mass is 9.99. The number of carbonyl (C=O) groups is 2. The lowest BCUT2D eigenvalue weighted by Gasteiger charge is -2.30. The van der Waals surface area contributed by atoms with Gasteiger partial charge in [0.2, 0.25) is 0 Å². The van der Waals surface area contributed by atoms with Gasteiger partial charge in [-0.15, -0.1) is 0 Å². The number of hydrogen-bond donors (Lipinski definition) is 1. The molecule has 24 heavy (non-hydrogen) atoms. The molecular weight excluding hydrogens is 306 g/mol. The number of carbonyl (C=O) groups excluding carboxylic acids is 1. The molecule has 0 aliphatic carbocycles. The van der Waals surface area contributed by atoms with Crippen molar-refractivity contribution in [2.24, 2.45) is 0 Å². The van der Waals surface area contributed by atoms with Crippen LogP contribution >= 0.6 is 0 Å². The van der Waals surface area contributed by atoms with Crippen molar-refractivity contribution in [1.82, 2.24) is 0 Å². The number of hydrogen-bond acceptors (Lipinski definition) is 3. The second-order valence-electron chi connectivity index (χ2n) is 5.90. The van der Waals surface area contributed by atoms with Crippen molar-refractivity contribution in [2.45, 2.75) is 19.8 Å². The summed E-state index contributed by atoms with van der Waals surface area (Å²) < 4.78 is 5.16. The molecule has 0 saturated carbocycles. The molecule has 5 nitrogen and oxygen atoms in total. The average Bonchev–Trinajstić information content (AvgIpc) is 2.59. The van der Waals surface area contributed by atoms with Gasteiger partial charge < -0.3 is 14.7 Å². The molecule has 3 rings (SSSR count). The molecule has 0 saturated heterocycles. The molecular formula is C19H19NO4. The molecule has 0 atom stereocenters. The van der Waals surface area contributed by atoms with Gasteiger partial charge in [0.1, 0.15) is 5.75 Å². The number of carboxylic acid groups (broad SMARTS) is 1. The molecule has 2 aromatic carbocycles. The summed E-state index contributed by atoms with van der Waals surface area (Å²) in [4.78, 5) is 25.3.